The Morgan fingerprint density at radius 2 is 2.03 bits per heavy atom. The zero-order chi connectivity index (χ0) is 24.2. The van der Waals surface area contributed by atoms with E-state index in [1.807, 2.05) is 31.2 Å². The summed E-state index contributed by atoms with van der Waals surface area (Å²) < 4.78 is 7.67. The highest BCUT2D eigenvalue weighted by Gasteiger charge is 2.34. The van der Waals surface area contributed by atoms with Gasteiger partial charge < -0.3 is 14.2 Å². The number of nitrogens with zero attached hydrogens (tertiary/aromatic N) is 4. The molecule has 1 atom stereocenters. The van der Waals surface area contributed by atoms with Gasteiger partial charge in [-0.15, -0.1) is 10.2 Å². The Hall–Kier alpha value is -2.51. The number of Topliss-reactive ketones (excluding diaryl/α,β-unsaturated/α-hetero) is 1. The number of aliphatic hydroxyl groups is 1. The molecule has 182 valence electrons. The van der Waals surface area contributed by atoms with Crippen molar-refractivity contribution in [2.75, 3.05) is 6.61 Å². The largest absolute Gasteiger partial charge is 0.396 e. The van der Waals surface area contributed by atoms with E-state index in [1.54, 1.807) is 0 Å². The lowest BCUT2D eigenvalue weighted by molar-refractivity contribution is -0.118. The number of aliphatic hydroxyl groups excluding tert-OH is 1. The van der Waals surface area contributed by atoms with E-state index in [-0.39, 0.29) is 18.3 Å². The van der Waals surface area contributed by atoms with Crippen molar-refractivity contribution in [1.29, 1.82) is 0 Å². The predicted octanol–water partition coefficient (Wildman–Crippen LogP) is 5.49. The first kappa shape index (κ1) is 24.6. The number of benzene rings is 1. The fourth-order valence-corrected chi connectivity index (χ4v) is 4.54. The molecule has 1 aliphatic carbocycles. The van der Waals surface area contributed by atoms with Gasteiger partial charge >= 0.3 is 0 Å². The minimum atomic E-state index is -0.209. The predicted molar refractivity (Wildman–Crippen MR) is 131 cm³/mol. The fourth-order valence-electron chi connectivity index (χ4n) is 4.31. The summed E-state index contributed by atoms with van der Waals surface area (Å²) in [5, 5.41) is 23.6. The number of hydrogen-bond acceptors (Lipinski definition) is 6. The Bertz CT molecular complexity index is 1130. The number of carbonyl (C=O) groups is 1. The fraction of sp³-hybridized carbons (Fsp3) is 0.538. The van der Waals surface area contributed by atoms with E-state index < -0.39 is 0 Å². The van der Waals surface area contributed by atoms with Crippen LogP contribution in [0.3, 0.4) is 0 Å². The molecule has 2 heterocycles. The van der Waals surface area contributed by atoms with Crippen LogP contribution < -0.4 is 0 Å². The van der Waals surface area contributed by atoms with Crippen LogP contribution in [-0.2, 0) is 17.6 Å². The molecule has 1 aliphatic rings. The quantitative estimate of drug-likeness (QED) is 0.365. The van der Waals surface area contributed by atoms with Crippen molar-refractivity contribution >= 4 is 17.4 Å². The van der Waals surface area contributed by atoms with Crippen LogP contribution in [0.1, 0.15) is 80.6 Å². The molecule has 0 aliphatic heterocycles. The molecule has 1 saturated carbocycles. The number of aromatic nitrogens is 4. The van der Waals surface area contributed by atoms with Crippen LogP contribution in [-0.4, -0.2) is 37.4 Å². The molecule has 0 spiro atoms. The summed E-state index contributed by atoms with van der Waals surface area (Å²) in [6, 6.07) is 7.84. The normalized spacial score (nSPS) is 14.6. The first-order chi connectivity index (χ1) is 16.4. The van der Waals surface area contributed by atoms with E-state index in [9.17, 15) is 9.90 Å². The molecule has 0 radical (unpaired) electrons. The third-order valence-electron chi connectivity index (χ3n) is 6.40. The Kier molecular flexibility index (Phi) is 7.84. The van der Waals surface area contributed by atoms with Gasteiger partial charge in [0.05, 0.1) is 0 Å². The molecule has 1 fully saturated rings. The molecule has 2 aromatic heterocycles. The van der Waals surface area contributed by atoms with Crippen LogP contribution in [0.15, 0.2) is 28.8 Å². The summed E-state index contributed by atoms with van der Waals surface area (Å²) >= 11 is 6.06. The van der Waals surface area contributed by atoms with Crippen LogP contribution in [0, 0.1) is 12.8 Å². The number of halogens is 1. The van der Waals surface area contributed by atoms with E-state index in [0.29, 0.717) is 47.8 Å². The highest BCUT2D eigenvalue weighted by Crippen LogP contribution is 2.41. The number of aryl methyl sites for hydroxylation is 2. The first-order valence-electron chi connectivity index (χ1n) is 12.1. The average Bonchev–Trinajstić information content (AvgIpc) is 3.35. The van der Waals surface area contributed by atoms with Crippen molar-refractivity contribution in [3.63, 3.8) is 0 Å². The first-order valence-corrected chi connectivity index (χ1v) is 12.5. The van der Waals surface area contributed by atoms with E-state index in [2.05, 4.69) is 33.8 Å². The lowest BCUT2D eigenvalue weighted by Crippen LogP contribution is -2.16. The molecule has 0 saturated heterocycles. The second-order valence-corrected chi connectivity index (χ2v) is 10.2. The Balaban J connectivity index is 1.55. The van der Waals surface area contributed by atoms with Gasteiger partial charge in [-0.2, -0.15) is 0 Å². The molecule has 1 aromatic carbocycles. The lowest BCUT2D eigenvalue weighted by atomic mass is 9.93. The van der Waals surface area contributed by atoms with Gasteiger partial charge in [-0.05, 0) is 61.8 Å². The Labute approximate surface area is 205 Å². The molecule has 1 N–H and O–H groups in total. The molecule has 34 heavy (non-hydrogen) atoms. The minimum Gasteiger partial charge on any atom is -0.396 e. The highest BCUT2D eigenvalue weighted by molar-refractivity contribution is 6.30. The summed E-state index contributed by atoms with van der Waals surface area (Å²) in [5.41, 5.74) is 2.65. The van der Waals surface area contributed by atoms with Gasteiger partial charge in [-0.1, -0.05) is 36.7 Å². The number of rotatable bonds is 12. The maximum atomic E-state index is 13.0. The third-order valence-corrected chi connectivity index (χ3v) is 6.63. The summed E-state index contributed by atoms with van der Waals surface area (Å²) in [7, 11) is 0. The Morgan fingerprint density at radius 3 is 2.71 bits per heavy atom. The minimum absolute atomic E-state index is 0.0198. The summed E-state index contributed by atoms with van der Waals surface area (Å²) in [5.74, 6) is 2.76. The second-order valence-electron chi connectivity index (χ2n) is 9.79. The van der Waals surface area contributed by atoms with Crippen molar-refractivity contribution in [1.82, 2.24) is 19.9 Å². The van der Waals surface area contributed by atoms with Gasteiger partial charge in [0, 0.05) is 48.9 Å². The maximum absolute atomic E-state index is 13.0. The zero-order valence-electron chi connectivity index (χ0n) is 20.1. The Morgan fingerprint density at radius 1 is 1.24 bits per heavy atom. The number of ketones is 1. The van der Waals surface area contributed by atoms with Crippen LogP contribution in [0.5, 0.6) is 0 Å². The van der Waals surface area contributed by atoms with Crippen molar-refractivity contribution in [3.05, 3.63) is 52.0 Å². The molecule has 7 nitrogen and oxygen atoms in total. The zero-order valence-corrected chi connectivity index (χ0v) is 20.9. The molecule has 0 unspecified atom stereocenters. The van der Waals surface area contributed by atoms with Crippen molar-refractivity contribution in [2.24, 2.45) is 5.92 Å². The van der Waals surface area contributed by atoms with Crippen LogP contribution >= 0.6 is 11.6 Å². The van der Waals surface area contributed by atoms with Crippen molar-refractivity contribution in [2.45, 2.75) is 77.7 Å². The van der Waals surface area contributed by atoms with Gasteiger partial charge in [0.15, 0.2) is 11.5 Å². The van der Waals surface area contributed by atoms with Crippen LogP contribution in [0.2, 0.25) is 5.02 Å². The molecule has 8 heteroatoms. The van der Waals surface area contributed by atoms with Crippen LogP contribution in [0.25, 0.3) is 11.5 Å². The van der Waals surface area contributed by atoms with Gasteiger partial charge in [0.1, 0.15) is 17.4 Å². The number of hydrogen-bond donors (Lipinski definition) is 1. The molecule has 4 rings (SSSR count). The summed E-state index contributed by atoms with van der Waals surface area (Å²) in [4.78, 5) is 13.0. The van der Waals surface area contributed by atoms with E-state index in [1.165, 1.54) is 0 Å². The SMILES string of the molecule is Cc1cc(Cl)ccc1CC(=O)C[C@H](CCO)c1nnc(-c2cc(CCC(C)C)on2)n1C1CC1. The van der Waals surface area contributed by atoms with Crippen molar-refractivity contribution in [3.8, 4) is 11.5 Å². The smallest absolute Gasteiger partial charge is 0.186 e. The second kappa shape index (κ2) is 10.8. The monoisotopic (exact) mass is 484 g/mol. The summed E-state index contributed by atoms with van der Waals surface area (Å²) in [6.07, 6.45) is 5.03. The standard InChI is InChI=1S/C26H33ClN4O3/c1-16(2)4-9-23-15-24(30-34-23)26-29-28-25(31(26)21-7-8-21)19(10-11-32)14-22(33)13-18-5-6-20(27)12-17(18)3/h5-6,12,15-16,19,21,32H,4,7-11,13-14H2,1-3H3/t19-/m0/s1. The third kappa shape index (κ3) is 5.94. The van der Waals surface area contributed by atoms with E-state index in [4.69, 9.17) is 16.1 Å². The molecule has 0 bridgehead atoms. The number of carbonyl (C=O) groups excluding carboxylic acids is 1. The van der Waals surface area contributed by atoms with Gasteiger partial charge in [0.2, 0.25) is 0 Å². The maximum Gasteiger partial charge on any atom is 0.186 e. The van der Waals surface area contributed by atoms with Gasteiger partial charge in [-0.25, -0.2) is 0 Å². The molecular formula is C26H33ClN4O3. The van der Waals surface area contributed by atoms with Crippen molar-refractivity contribution < 1.29 is 14.4 Å². The van der Waals surface area contributed by atoms with E-state index in [0.717, 1.165) is 48.4 Å². The molecule has 3 aromatic rings. The topological polar surface area (TPSA) is 94.0 Å². The molecular weight excluding hydrogens is 452 g/mol. The average molecular weight is 485 g/mol. The highest BCUT2D eigenvalue weighted by atomic mass is 35.5. The summed E-state index contributed by atoms with van der Waals surface area (Å²) in [6.45, 7) is 6.31. The van der Waals surface area contributed by atoms with Crippen LogP contribution in [0.4, 0.5) is 0 Å². The lowest BCUT2D eigenvalue weighted by Gasteiger charge is -2.17. The van der Waals surface area contributed by atoms with Gasteiger partial charge in [0.25, 0.3) is 0 Å². The molecule has 0 amide bonds. The van der Waals surface area contributed by atoms with E-state index >= 15 is 0 Å². The van der Waals surface area contributed by atoms with Gasteiger partial charge in [-0.3, -0.25) is 4.79 Å².